The highest BCUT2D eigenvalue weighted by Gasteiger charge is 1.99. The predicted molar refractivity (Wildman–Crippen MR) is 48.3 cm³/mol. The summed E-state index contributed by atoms with van der Waals surface area (Å²) >= 11 is 0. The molecule has 0 bridgehead atoms. The second-order valence-corrected chi connectivity index (χ2v) is 2.02. The Bertz CT molecular complexity index is 196. The van der Waals surface area contributed by atoms with Crippen LogP contribution in [0.25, 0.3) is 0 Å². The maximum absolute atomic E-state index is 10.7. The first-order chi connectivity index (χ1) is 6.20. The number of ether oxygens (including phenoxy) is 2. The Morgan fingerprint density at radius 1 is 1.54 bits per heavy atom. The minimum absolute atomic E-state index is 0. The Morgan fingerprint density at radius 2 is 2.23 bits per heavy atom. The van der Waals surface area contributed by atoms with Crippen LogP contribution < -0.4 is 5.32 Å². The molecular weight excluding hydrogens is 174 g/mol. The SMILES string of the molecule is C=CC(=O)OCCNC(=O)OCC.[HH]. The van der Waals surface area contributed by atoms with Crippen LogP contribution in [0.5, 0.6) is 0 Å². The Kier molecular flexibility index (Phi) is 6.31. The Labute approximate surface area is 78.2 Å². The average molecular weight is 189 g/mol. The van der Waals surface area contributed by atoms with Gasteiger partial charge in [-0.05, 0) is 6.92 Å². The molecule has 0 aliphatic carbocycles. The molecule has 0 aromatic carbocycles. The molecule has 1 N–H and O–H groups in total. The Hall–Kier alpha value is -1.52. The van der Waals surface area contributed by atoms with E-state index >= 15 is 0 Å². The summed E-state index contributed by atoms with van der Waals surface area (Å²) in [7, 11) is 0. The largest absolute Gasteiger partial charge is 0.461 e. The summed E-state index contributed by atoms with van der Waals surface area (Å²) in [6.07, 6.45) is 0.543. The Balaban J connectivity index is 0. The van der Waals surface area contributed by atoms with E-state index in [0.717, 1.165) is 6.08 Å². The smallest absolute Gasteiger partial charge is 0.407 e. The van der Waals surface area contributed by atoms with Gasteiger partial charge in [-0.15, -0.1) is 0 Å². The number of carbonyl (C=O) groups is 2. The predicted octanol–water partition coefficient (Wildman–Crippen LogP) is 0.708. The lowest BCUT2D eigenvalue weighted by molar-refractivity contribution is -0.137. The molecule has 0 unspecified atom stereocenters. The molecule has 0 atom stereocenters. The van der Waals surface area contributed by atoms with Crippen molar-refractivity contribution >= 4 is 12.1 Å². The second-order valence-electron chi connectivity index (χ2n) is 2.02. The summed E-state index contributed by atoms with van der Waals surface area (Å²) in [6.45, 7) is 5.59. The van der Waals surface area contributed by atoms with E-state index in [-0.39, 0.29) is 14.6 Å². The lowest BCUT2D eigenvalue weighted by atomic mass is 10.6. The van der Waals surface area contributed by atoms with Gasteiger partial charge in [-0.3, -0.25) is 0 Å². The lowest BCUT2D eigenvalue weighted by Gasteiger charge is -2.04. The van der Waals surface area contributed by atoms with Crippen molar-refractivity contribution < 1.29 is 20.5 Å². The number of amides is 1. The molecule has 0 aromatic heterocycles. The van der Waals surface area contributed by atoms with Gasteiger partial charge in [0.15, 0.2) is 0 Å². The monoisotopic (exact) mass is 189 g/mol. The third kappa shape index (κ3) is 6.86. The van der Waals surface area contributed by atoms with Crippen LogP contribution in [0.4, 0.5) is 4.79 Å². The Morgan fingerprint density at radius 3 is 2.77 bits per heavy atom. The summed E-state index contributed by atoms with van der Waals surface area (Å²) in [6, 6.07) is 0. The standard InChI is InChI=1S/C8H13NO4.H2/c1-3-7(10)13-6-5-9-8(11)12-4-2;/h3H,1,4-6H2,2H3,(H,9,11);1H. The van der Waals surface area contributed by atoms with Gasteiger partial charge in [0.1, 0.15) is 6.61 Å². The molecule has 76 valence electrons. The molecule has 0 saturated heterocycles. The minimum atomic E-state index is -0.517. The van der Waals surface area contributed by atoms with Crippen molar-refractivity contribution in [3.63, 3.8) is 0 Å². The van der Waals surface area contributed by atoms with Gasteiger partial charge in [0.05, 0.1) is 13.2 Å². The molecule has 0 heterocycles. The van der Waals surface area contributed by atoms with Gasteiger partial charge in [-0.25, -0.2) is 9.59 Å². The summed E-state index contributed by atoms with van der Waals surface area (Å²) in [5.41, 5.74) is 0. The first kappa shape index (κ1) is 11.5. The van der Waals surface area contributed by atoms with Crippen molar-refractivity contribution in [2.75, 3.05) is 19.8 Å². The second kappa shape index (κ2) is 7.15. The van der Waals surface area contributed by atoms with E-state index in [9.17, 15) is 9.59 Å². The number of hydrogen-bond acceptors (Lipinski definition) is 4. The fourth-order valence-corrected chi connectivity index (χ4v) is 0.546. The van der Waals surface area contributed by atoms with Gasteiger partial charge in [-0.1, -0.05) is 6.58 Å². The minimum Gasteiger partial charge on any atom is -0.461 e. The first-order valence-corrected chi connectivity index (χ1v) is 3.90. The number of rotatable bonds is 5. The molecule has 13 heavy (non-hydrogen) atoms. The van der Waals surface area contributed by atoms with E-state index < -0.39 is 12.1 Å². The summed E-state index contributed by atoms with van der Waals surface area (Å²) in [5.74, 6) is -0.509. The fourth-order valence-electron chi connectivity index (χ4n) is 0.546. The van der Waals surface area contributed by atoms with Crippen molar-refractivity contribution in [2.24, 2.45) is 0 Å². The van der Waals surface area contributed by atoms with Crippen LogP contribution in [0, 0.1) is 0 Å². The highest BCUT2D eigenvalue weighted by molar-refractivity contribution is 5.81. The zero-order valence-corrected chi connectivity index (χ0v) is 7.54. The molecule has 0 spiro atoms. The molecule has 0 rings (SSSR count). The molecule has 5 heteroatoms. The van der Waals surface area contributed by atoms with Crippen molar-refractivity contribution in [1.82, 2.24) is 5.32 Å². The average Bonchev–Trinajstić information content (AvgIpc) is 2.12. The highest BCUT2D eigenvalue weighted by atomic mass is 16.6. The third-order valence-corrected chi connectivity index (χ3v) is 1.06. The summed E-state index contributed by atoms with van der Waals surface area (Å²) < 4.78 is 9.16. The summed E-state index contributed by atoms with van der Waals surface area (Å²) in [5, 5.41) is 2.39. The van der Waals surface area contributed by atoms with Crippen molar-refractivity contribution in [1.29, 1.82) is 0 Å². The lowest BCUT2D eigenvalue weighted by Crippen LogP contribution is -2.28. The number of alkyl carbamates (subject to hydrolysis) is 1. The molecule has 0 aromatic rings. The van der Waals surface area contributed by atoms with E-state index in [1.807, 2.05) is 0 Å². The maximum atomic E-state index is 10.7. The van der Waals surface area contributed by atoms with Gasteiger partial charge in [0.25, 0.3) is 0 Å². The molecule has 0 saturated carbocycles. The van der Waals surface area contributed by atoms with Gasteiger partial charge in [0.2, 0.25) is 0 Å². The molecule has 5 nitrogen and oxygen atoms in total. The molecule has 1 amide bonds. The van der Waals surface area contributed by atoms with Crippen LogP contribution in [0.1, 0.15) is 8.35 Å². The van der Waals surface area contributed by atoms with Gasteiger partial charge in [-0.2, -0.15) is 0 Å². The van der Waals surface area contributed by atoms with Crippen LogP contribution in [-0.4, -0.2) is 31.8 Å². The number of nitrogens with one attached hydrogen (secondary N) is 1. The topological polar surface area (TPSA) is 64.6 Å². The number of carbonyl (C=O) groups excluding carboxylic acids is 2. The van der Waals surface area contributed by atoms with Gasteiger partial charge >= 0.3 is 12.1 Å². The van der Waals surface area contributed by atoms with Crippen molar-refractivity contribution in [2.45, 2.75) is 6.92 Å². The van der Waals surface area contributed by atoms with E-state index in [0.29, 0.717) is 6.61 Å². The van der Waals surface area contributed by atoms with Gasteiger partial charge in [0, 0.05) is 7.50 Å². The van der Waals surface area contributed by atoms with Crippen LogP contribution in [0.15, 0.2) is 12.7 Å². The van der Waals surface area contributed by atoms with Crippen LogP contribution >= 0.6 is 0 Å². The first-order valence-electron chi connectivity index (χ1n) is 3.90. The van der Waals surface area contributed by atoms with Crippen molar-refractivity contribution in [3.8, 4) is 0 Å². The molecule has 0 fully saturated rings. The van der Waals surface area contributed by atoms with Crippen LogP contribution in [-0.2, 0) is 14.3 Å². The summed E-state index contributed by atoms with van der Waals surface area (Å²) in [4.78, 5) is 21.2. The number of hydrogen-bond donors (Lipinski definition) is 1. The maximum Gasteiger partial charge on any atom is 0.407 e. The molecule has 0 radical (unpaired) electrons. The quantitative estimate of drug-likeness (QED) is 0.393. The molecule has 0 aliphatic heterocycles. The normalized spacial score (nSPS) is 8.69. The zero-order valence-electron chi connectivity index (χ0n) is 7.54. The highest BCUT2D eigenvalue weighted by Crippen LogP contribution is 1.79. The van der Waals surface area contributed by atoms with Gasteiger partial charge < -0.3 is 14.8 Å². The zero-order chi connectivity index (χ0) is 10.1. The van der Waals surface area contributed by atoms with E-state index in [1.165, 1.54) is 0 Å². The van der Waals surface area contributed by atoms with Crippen molar-refractivity contribution in [3.05, 3.63) is 12.7 Å². The van der Waals surface area contributed by atoms with E-state index in [4.69, 9.17) is 0 Å². The number of esters is 1. The van der Waals surface area contributed by atoms with E-state index in [1.54, 1.807) is 6.92 Å². The molecular formula is C8H15NO4. The van der Waals surface area contributed by atoms with E-state index in [2.05, 4.69) is 21.4 Å². The third-order valence-electron chi connectivity index (χ3n) is 1.06. The van der Waals surface area contributed by atoms with Crippen LogP contribution in [0.3, 0.4) is 0 Å². The fraction of sp³-hybridized carbons (Fsp3) is 0.500. The molecule has 0 aliphatic rings. The van der Waals surface area contributed by atoms with Crippen LogP contribution in [0.2, 0.25) is 0 Å².